The molecule has 0 bridgehead atoms. The Labute approximate surface area is 93.8 Å². The summed E-state index contributed by atoms with van der Waals surface area (Å²) in [6.45, 7) is 0.676. The van der Waals surface area contributed by atoms with Gasteiger partial charge in [-0.25, -0.2) is 0 Å². The van der Waals surface area contributed by atoms with Crippen molar-refractivity contribution in [2.45, 2.75) is 6.42 Å². The van der Waals surface area contributed by atoms with Gasteiger partial charge in [0.2, 0.25) is 0 Å². The average molecular weight is 231 g/mol. The van der Waals surface area contributed by atoms with E-state index in [2.05, 4.69) is 4.98 Å². The molecule has 0 amide bonds. The first kappa shape index (κ1) is 11.4. The zero-order chi connectivity index (χ0) is 9.26. The quantitative estimate of drug-likeness (QED) is 0.819. The van der Waals surface area contributed by atoms with Gasteiger partial charge in [0.15, 0.2) is 0 Å². The van der Waals surface area contributed by atoms with Crippen molar-refractivity contribution in [2.24, 2.45) is 5.73 Å². The predicted molar refractivity (Wildman–Crippen MR) is 63.3 cm³/mol. The molecule has 0 fully saturated rings. The maximum atomic E-state index is 5.86. The number of H-pyrrole nitrogens is 1. The van der Waals surface area contributed by atoms with Crippen molar-refractivity contribution in [2.75, 3.05) is 6.54 Å². The van der Waals surface area contributed by atoms with Crippen LogP contribution in [0.25, 0.3) is 10.9 Å². The Hall–Kier alpha value is -0.700. The number of hydrogen-bond acceptors (Lipinski definition) is 1. The SMILES string of the molecule is Cl.NCCc1c[nH]c2cc(Cl)ccc12. The van der Waals surface area contributed by atoms with Crippen LogP contribution in [0, 0.1) is 0 Å². The summed E-state index contributed by atoms with van der Waals surface area (Å²) in [5, 5.41) is 1.98. The van der Waals surface area contributed by atoms with E-state index in [-0.39, 0.29) is 12.4 Å². The maximum absolute atomic E-state index is 5.86. The number of hydrogen-bond donors (Lipinski definition) is 2. The molecule has 76 valence electrons. The third-order valence-electron chi connectivity index (χ3n) is 2.14. The highest BCUT2D eigenvalue weighted by Gasteiger charge is 2.02. The Morgan fingerprint density at radius 2 is 2.14 bits per heavy atom. The van der Waals surface area contributed by atoms with Crippen molar-refractivity contribution in [3.05, 3.63) is 35.0 Å². The number of fused-ring (bicyclic) bond motifs is 1. The van der Waals surface area contributed by atoms with Crippen molar-refractivity contribution < 1.29 is 0 Å². The molecule has 0 saturated heterocycles. The van der Waals surface area contributed by atoms with E-state index < -0.39 is 0 Å². The van der Waals surface area contributed by atoms with Gasteiger partial charge in [-0.15, -0.1) is 12.4 Å². The molecule has 4 heteroatoms. The van der Waals surface area contributed by atoms with Gasteiger partial charge in [-0.2, -0.15) is 0 Å². The second-order valence-electron chi connectivity index (χ2n) is 3.04. The van der Waals surface area contributed by atoms with E-state index in [1.165, 1.54) is 10.9 Å². The van der Waals surface area contributed by atoms with E-state index in [9.17, 15) is 0 Å². The molecular weight excluding hydrogens is 219 g/mol. The zero-order valence-corrected chi connectivity index (χ0v) is 9.16. The number of rotatable bonds is 2. The van der Waals surface area contributed by atoms with Gasteiger partial charge in [-0.05, 0) is 30.7 Å². The van der Waals surface area contributed by atoms with Crippen LogP contribution in [-0.2, 0) is 6.42 Å². The van der Waals surface area contributed by atoms with E-state index in [1.807, 2.05) is 24.4 Å². The molecule has 0 unspecified atom stereocenters. The maximum Gasteiger partial charge on any atom is 0.0471 e. The summed E-state index contributed by atoms with van der Waals surface area (Å²) in [6, 6.07) is 5.85. The molecule has 1 aromatic carbocycles. The minimum absolute atomic E-state index is 0. The van der Waals surface area contributed by atoms with E-state index >= 15 is 0 Å². The van der Waals surface area contributed by atoms with Crippen LogP contribution in [0.1, 0.15) is 5.56 Å². The molecule has 2 nitrogen and oxygen atoms in total. The summed E-state index contributed by atoms with van der Waals surface area (Å²) in [4.78, 5) is 3.17. The van der Waals surface area contributed by atoms with Crippen LogP contribution in [-0.4, -0.2) is 11.5 Å². The van der Waals surface area contributed by atoms with Crippen molar-refractivity contribution in [3.8, 4) is 0 Å². The van der Waals surface area contributed by atoms with Crippen LogP contribution >= 0.6 is 24.0 Å². The first-order valence-electron chi connectivity index (χ1n) is 4.27. The molecular formula is C10H12Cl2N2. The van der Waals surface area contributed by atoms with Crippen molar-refractivity contribution >= 4 is 34.9 Å². The summed E-state index contributed by atoms with van der Waals surface area (Å²) < 4.78 is 0. The molecule has 2 rings (SSSR count). The third-order valence-corrected chi connectivity index (χ3v) is 2.38. The third kappa shape index (κ3) is 2.03. The molecule has 2 aromatic rings. The monoisotopic (exact) mass is 230 g/mol. The number of nitrogens with one attached hydrogen (secondary N) is 1. The largest absolute Gasteiger partial charge is 0.361 e. The molecule has 1 aromatic heterocycles. The fourth-order valence-electron chi connectivity index (χ4n) is 1.52. The lowest BCUT2D eigenvalue weighted by molar-refractivity contribution is 0.976. The van der Waals surface area contributed by atoms with Crippen LogP contribution in [0.5, 0.6) is 0 Å². The number of aromatic amines is 1. The van der Waals surface area contributed by atoms with E-state index in [1.54, 1.807) is 0 Å². The lowest BCUT2D eigenvalue weighted by Crippen LogP contribution is -2.01. The lowest BCUT2D eigenvalue weighted by atomic mass is 10.1. The second kappa shape index (κ2) is 4.69. The fourth-order valence-corrected chi connectivity index (χ4v) is 1.69. The average Bonchev–Trinajstić information content (AvgIpc) is 2.49. The molecule has 0 aliphatic heterocycles. The molecule has 0 saturated carbocycles. The zero-order valence-electron chi connectivity index (χ0n) is 7.59. The Balaban J connectivity index is 0.000000980. The van der Waals surface area contributed by atoms with E-state index in [0.717, 1.165) is 17.0 Å². The molecule has 0 spiro atoms. The van der Waals surface area contributed by atoms with E-state index in [0.29, 0.717) is 6.54 Å². The molecule has 0 aliphatic carbocycles. The van der Waals surface area contributed by atoms with Crippen LogP contribution in [0.4, 0.5) is 0 Å². The number of halogens is 2. The van der Waals surface area contributed by atoms with E-state index in [4.69, 9.17) is 17.3 Å². The standard InChI is InChI=1S/C10H11ClN2.ClH/c11-8-1-2-9-7(3-4-12)6-13-10(9)5-8;/h1-2,5-6,13H,3-4,12H2;1H. The molecule has 0 aliphatic rings. The summed E-state index contributed by atoms with van der Waals surface area (Å²) in [7, 11) is 0. The lowest BCUT2D eigenvalue weighted by Gasteiger charge is -1.95. The Kier molecular flexibility index (Phi) is 3.81. The smallest absolute Gasteiger partial charge is 0.0471 e. The molecule has 1 heterocycles. The summed E-state index contributed by atoms with van der Waals surface area (Å²) in [5.74, 6) is 0. The Bertz CT molecular complexity index is 423. The van der Waals surface area contributed by atoms with Crippen molar-refractivity contribution in [1.29, 1.82) is 0 Å². The van der Waals surface area contributed by atoms with Gasteiger partial charge in [0.1, 0.15) is 0 Å². The van der Waals surface area contributed by atoms with Crippen LogP contribution in [0.3, 0.4) is 0 Å². The first-order valence-corrected chi connectivity index (χ1v) is 4.64. The number of nitrogens with two attached hydrogens (primary N) is 1. The van der Waals surface area contributed by atoms with Crippen LogP contribution in [0.2, 0.25) is 5.02 Å². The van der Waals surface area contributed by atoms with Gasteiger partial charge in [-0.3, -0.25) is 0 Å². The van der Waals surface area contributed by atoms with Crippen molar-refractivity contribution in [1.82, 2.24) is 4.98 Å². The van der Waals surface area contributed by atoms with Gasteiger partial charge in [0.05, 0.1) is 0 Å². The molecule has 14 heavy (non-hydrogen) atoms. The minimum Gasteiger partial charge on any atom is -0.361 e. The van der Waals surface area contributed by atoms with Gasteiger partial charge in [0, 0.05) is 22.1 Å². The van der Waals surface area contributed by atoms with Crippen molar-refractivity contribution in [3.63, 3.8) is 0 Å². The highest BCUT2D eigenvalue weighted by Crippen LogP contribution is 2.21. The second-order valence-corrected chi connectivity index (χ2v) is 3.48. The summed E-state index contributed by atoms with van der Waals surface area (Å²) in [6.07, 6.45) is 2.90. The molecule has 3 N–H and O–H groups in total. The normalized spacial score (nSPS) is 10.1. The van der Waals surface area contributed by atoms with Crippen LogP contribution in [0.15, 0.2) is 24.4 Å². The van der Waals surface area contributed by atoms with Gasteiger partial charge >= 0.3 is 0 Å². The van der Waals surface area contributed by atoms with Gasteiger partial charge < -0.3 is 10.7 Å². The highest BCUT2D eigenvalue weighted by molar-refractivity contribution is 6.31. The van der Waals surface area contributed by atoms with Gasteiger partial charge in [-0.1, -0.05) is 17.7 Å². The highest BCUT2D eigenvalue weighted by atomic mass is 35.5. The van der Waals surface area contributed by atoms with Gasteiger partial charge in [0.25, 0.3) is 0 Å². The van der Waals surface area contributed by atoms with Crippen LogP contribution < -0.4 is 5.73 Å². The topological polar surface area (TPSA) is 41.8 Å². The molecule has 0 atom stereocenters. The number of aromatic nitrogens is 1. The summed E-state index contributed by atoms with van der Waals surface area (Å²) >= 11 is 5.86. The summed E-state index contributed by atoms with van der Waals surface area (Å²) in [5.41, 5.74) is 7.84. The minimum atomic E-state index is 0. The molecule has 0 radical (unpaired) electrons. The Morgan fingerprint density at radius 1 is 1.36 bits per heavy atom. The number of benzene rings is 1. The predicted octanol–water partition coefficient (Wildman–Crippen LogP) is 2.74. The first-order chi connectivity index (χ1) is 6.31. The Morgan fingerprint density at radius 3 is 2.86 bits per heavy atom. The fraction of sp³-hybridized carbons (Fsp3) is 0.200.